The number of rotatable bonds is 3. The van der Waals surface area contributed by atoms with Gasteiger partial charge in [-0.2, -0.15) is 0 Å². The Balaban J connectivity index is 2.19. The largest absolute Gasteiger partial charge is 0.330 e. The Morgan fingerprint density at radius 2 is 2.00 bits per heavy atom. The standard InChI is InChI=1S/C12H14N2/c1-2-12-8-13-10-14(12)9-11-6-4-3-5-7-11/h3-8,10H,2,9H2,1H3. The summed E-state index contributed by atoms with van der Waals surface area (Å²) in [5, 5.41) is 0. The van der Waals surface area contributed by atoms with Gasteiger partial charge in [0.1, 0.15) is 0 Å². The van der Waals surface area contributed by atoms with Crippen LogP contribution in [0.1, 0.15) is 18.2 Å². The lowest BCUT2D eigenvalue weighted by Gasteiger charge is -2.05. The molecule has 2 rings (SSSR count). The van der Waals surface area contributed by atoms with E-state index in [2.05, 4.69) is 40.7 Å². The van der Waals surface area contributed by atoms with Gasteiger partial charge in [-0.1, -0.05) is 37.3 Å². The highest BCUT2D eigenvalue weighted by Crippen LogP contribution is 2.06. The lowest BCUT2D eigenvalue weighted by atomic mass is 10.2. The first-order valence-electron chi connectivity index (χ1n) is 4.93. The van der Waals surface area contributed by atoms with Gasteiger partial charge >= 0.3 is 0 Å². The van der Waals surface area contributed by atoms with Crippen LogP contribution in [0.15, 0.2) is 42.9 Å². The average Bonchev–Trinajstić information content (AvgIpc) is 2.67. The topological polar surface area (TPSA) is 17.8 Å². The molecule has 72 valence electrons. The fourth-order valence-corrected chi connectivity index (χ4v) is 1.57. The SMILES string of the molecule is CCc1cncn1Cc1ccccc1. The van der Waals surface area contributed by atoms with Crippen molar-refractivity contribution in [1.29, 1.82) is 0 Å². The van der Waals surface area contributed by atoms with Crippen molar-refractivity contribution in [2.45, 2.75) is 19.9 Å². The van der Waals surface area contributed by atoms with E-state index >= 15 is 0 Å². The maximum Gasteiger partial charge on any atom is 0.0951 e. The highest BCUT2D eigenvalue weighted by Gasteiger charge is 1.99. The van der Waals surface area contributed by atoms with E-state index in [1.165, 1.54) is 11.3 Å². The second-order valence-corrected chi connectivity index (χ2v) is 3.35. The van der Waals surface area contributed by atoms with Gasteiger partial charge < -0.3 is 4.57 Å². The van der Waals surface area contributed by atoms with Crippen molar-refractivity contribution in [3.05, 3.63) is 54.1 Å². The third-order valence-corrected chi connectivity index (χ3v) is 2.36. The minimum atomic E-state index is 0.921. The lowest BCUT2D eigenvalue weighted by Crippen LogP contribution is -2.01. The normalized spacial score (nSPS) is 10.4. The monoisotopic (exact) mass is 186 g/mol. The molecule has 0 unspecified atom stereocenters. The fraction of sp³-hybridized carbons (Fsp3) is 0.250. The highest BCUT2D eigenvalue weighted by molar-refractivity contribution is 5.16. The molecule has 0 saturated heterocycles. The number of benzene rings is 1. The van der Waals surface area contributed by atoms with Crippen LogP contribution in [0.3, 0.4) is 0 Å². The zero-order valence-electron chi connectivity index (χ0n) is 8.35. The predicted octanol–water partition coefficient (Wildman–Crippen LogP) is 2.49. The Hall–Kier alpha value is -1.57. The molecule has 0 aliphatic heterocycles. The summed E-state index contributed by atoms with van der Waals surface area (Å²) in [4.78, 5) is 4.15. The van der Waals surface area contributed by atoms with E-state index in [1.807, 2.05) is 18.6 Å². The van der Waals surface area contributed by atoms with E-state index in [0.717, 1.165) is 13.0 Å². The van der Waals surface area contributed by atoms with Crippen molar-refractivity contribution in [3.8, 4) is 0 Å². The van der Waals surface area contributed by atoms with Crippen LogP contribution in [0.25, 0.3) is 0 Å². The molecule has 0 amide bonds. The smallest absolute Gasteiger partial charge is 0.0951 e. The molecule has 2 nitrogen and oxygen atoms in total. The van der Waals surface area contributed by atoms with Crippen molar-refractivity contribution in [2.75, 3.05) is 0 Å². The third kappa shape index (κ3) is 1.84. The first kappa shape index (κ1) is 9.00. The molecule has 0 atom stereocenters. The van der Waals surface area contributed by atoms with Gasteiger partial charge in [0, 0.05) is 18.4 Å². The highest BCUT2D eigenvalue weighted by atomic mass is 15.0. The summed E-state index contributed by atoms with van der Waals surface area (Å²) in [5.74, 6) is 0. The van der Waals surface area contributed by atoms with E-state index in [1.54, 1.807) is 0 Å². The van der Waals surface area contributed by atoms with Crippen LogP contribution >= 0.6 is 0 Å². The van der Waals surface area contributed by atoms with Crippen LogP contribution in [0.5, 0.6) is 0 Å². The molecule has 0 aliphatic carbocycles. The van der Waals surface area contributed by atoms with Crippen LogP contribution in [0.4, 0.5) is 0 Å². The minimum Gasteiger partial charge on any atom is -0.330 e. The Morgan fingerprint density at radius 3 is 2.71 bits per heavy atom. The van der Waals surface area contributed by atoms with Crippen molar-refractivity contribution < 1.29 is 0 Å². The van der Waals surface area contributed by atoms with Crippen molar-refractivity contribution in [3.63, 3.8) is 0 Å². The molecule has 1 heterocycles. The van der Waals surface area contributed by atoms with Gasteiger partial charge in [0.2, 0.25) is 0 Å². The summed E-state index contributed by atoms with van der Waals surface area (Å²) >= 11 is 0. The summed E-state index contributed by atoms with van der Waals surface area (Å²) in [7, 11) is 0. The van der Waals surface area contributed by atoms with Gasteiger partial charge in [-0.15, -0.1) is 0 Å². The van der Waals surface area contributed by atoms with Gasteiger partial charge in [0.15, 0.2) is 0 Å². The van der Waals surface area contributed by atoms with Crippen LogP contribution in [-0.2, 0) is 13.0 Å². The number of hydrogen-bond acceptors (Lipinski definition) is 1. The van der Waals surface area contributed by atoms with E-state index < -0.39 is 0 Å². The predicted molar refractivity (Wildman–Crippen MR) is 57.1 cm³/mol. The third-order valence-electron chi connectivity index (χ3n) is 2.36. The Labute approximate surface area is 84.2 Å². The molecule has 0 saturated carbocycles. The Morgan fingerprint density at radius 1 is 1.21 bits per heavy atom. The quantitative estimate of drug-likeness (QED) is 0.720. The van der Waals surface area contributed by atoms with Crippen molar-refractivity contribution in [1.82, 2.24) is 9.55 Å². The molecular weight excluding hydrogens is 172 g/mol. The second-order valence-electron chi connectivity index (χ2n) is 3.35. The van der Waals surface area contributed by atoms with Gasteiger partial charge in [-0.3, -0.25) is 0 Å². The number of hydrogen-bond donors (Lipinski definition) is 0. The Bertz CT molecular complexity index is 390. The molecule has 0 aliphatic rings. The maximum absolute atomic E-state index is 4.15. The summed E-state index contributed by atoms with van der Waals surface area (Å²) in [6, 6.07) is 10.5. The van der Waals surface area contributed by atoms with Crippen LogP contribution in [0.2, 0.25) is 0 Å². The molecule has 0 bridgehead atoms. The van der Waals surface area contributed by atoms with E-state index in [4.69, 9.17) is 0 Å². The van der Waals surface area contributed by atoms with Crippen LogP contribution in [0, 0.1) is 0 Å². The zero-order chi connectivity index (χ0) is 9.80. The second kappa shape index (κ2) is 4.09. The van der Waals surface area contributed by atoms with Gasteiger partial charge in [0.25, 0.3) is 0 Å². The van der Waals surface area contributed by atoms with Crippen LogP contribution in [-0.4, -0.2) is 9.55 Å². The lowest BCUT2D eigenvalue weighted by molar-refractivity contribution is 0.747. The van der Waals surface area contributed by atoms with Crippen molar-refractivity contribution in [2.24, 2.45) is 0 Å². The molecule has 0 spiro atoms. The van der Waals surface area contributed by atoms with Crippen molar-refractivity contribution >= 4 is 0 Å². The molecular formula is C12H14N2. The minimum absolute atomic E-state index is 0.921. The first-order chi connectivity index (χ1) is 6.90. The molecule has 0 fully saturated rings. The van der Waals surface area contributed by atoms with Gasteiger partial charge in [-0.05, 0) is 12.0 Å². The maximum atomic E-state index is 4.15. The molecule has 14 heavy (non-hydrogen) atoms. The number of aromatic nitrogens is 2. The van der Waals surface area contributed by atoms with E-state index in [0.29, 0.717) is 0 Å². The fourth-order valence-electron chi connectivity index (χ4n) is 1.57. The molecule has 1 aromatic carbocycles. The number of aryl methyl sites for hydroxylation is 1. The summed E-state index contributed by atoms with van der Waals surface area (Å²) in [5.41, 5.74) is 2.61. The first-order valence-corrected chi connectivity index (χ1v) is 4.93. The molecule has 1 aromatic heterocycles. The average molecular weight is 186 g/mol. The molecule has 0 radical (unpaired) electrons. The molecule has 2 heteroatoms. The number of imidazole rings is 1. The molecule has 2 aromatic rings. The van der Waals surface area contributed by atoms with Gasteiger partial charge in [0.05, 0.1) is 6.33 Å². The number of nitrogens with zero attached hydrogens (tertiary/aromatic N) is 2. The summed E-state index contributed by atoms with van der Waals surface area (Å²) < 4.78 is 2.19. The summed E-state index contributed by atoms with van der Waals surface area (Å²) in [6.07, 6.45) is 4.86. The van der Waals surface area contributed by atoms with Crippen LogP contribution < -0.4 is 0 Å². The summed E-state index contributed by atoms with van der Waals surface area (Å²) in [6.45, 7) is 3.07. The van der Waals surface area contributed by atoms with Gasteiger partial charge in [-0.25, -0.2) is 4.98 Å². The van der Waals surface area contributed by atoms with E-state index in [-0.39, 0.29) is 0 Å². The zero-order valence-corrected chi connectivity index (χ0v) is 8.35. The Kier molecular flexibility index (Phi) is 2.63. The molecule has 0 N–H and O–H groups in total. The van der Waals surface area contributed by atoms with E-state index in [9.17, 15) is 0 Å².